The molecule has 0 aliphatic heterocycles. The number of hydrogen-bond donors (Lipinski definition) is 0. The average Bonchev–Trinajstić information content (AvgIpc) is 3.33. The molecule has 34 heavy (non-hydrogen) atoms. The summed E-state index contributed by atoms with van der Waals surface area (Å²) in [4.78, 5) is 0. The van der Waals surface area contributed by atoms with Crippen LogP contribution in [-0.2, 0) is 5.41 Å². The van der Waals surface area contributed by atoms with E-state index in [9.17, 15) is 0 Å². The lowest BCUT2D eigenvalue weighted by molar-refractivity contribution is 0.661. The molecule has 0 N–H and O–H groups in total. The van der Waals surface area contributed by atoms with Crippen LogP contribution in [0.2, 0.25) is 0 Å². The lowest BCUT2D eigenvalue weighted by atomic mass is 9.82. The van der Waals surface area contributed by atoms with Gasteiger partial charge < -0.3 is 4.57 Å². The highest BCUT2D eigenvalue weighted by Gasteiger charge is 2.36. The van der Waals surface area contributed by atoms with Gasteiger partial charge in [-0.3, -0.25) is 0 Å². The maximum Gasteiger partial charge on any atom is 0.0544 e. The summed E-state index contributed by atoms with van der Waals surface area (Å²) in [5.74, 6) is 0.472. The first kappa shape index (κ1) is 19.6. The Bertz CT molecular complexity index is 1640. The molecule has 0 amide bonds. The molecule has 1 heterocycles. The third-order valence-corrected chi connectivity index (χ3v) is 7.94. The van der Waals surface area contributed by atoms with Crippen LogP contribution in [0.1, 0.15) is 42.9 Å². The van der Waals surface area contributed by atoms with Crippen LogP contribution in [0.25, 0.3) is 38.6 Å². The normalized spacial score (nSPS) is 17.9. The summed E-state index contributed by atoms with van der Waals surface area (Å²) in [6.45, 7) is 4.72. The van der Waals surface area contributed by atoms with Crippen LogP contribution < -0.4 is 0 Å². The Morgan fingerprint density at radius 2 is 1.50 bits per heavy atom. The first-order valence-electron chi connectivity index (χ1n) is 12.2. The quantitative estimate of drug-likeness (QED) is 0.260. The van der Waals surface area contributed by atoms with Crippen molar-refractivity contribution in [2.45, 2.75) is 31.6 Å². The Morgan fingerprint density at radius 3 is 2.32 bits per heavy atom. The van der Waals surface area contributed by atoms with Crippen LogP contribution in [0.4, 0.5) is 0 Å². The van der Waals surface area contributed by atoms with E-state index in [-0.39, 0.29) is 5.41 Å². The maximum absolute atomic E-state index is 2.45. The summed E-state index contributed by atoms with van der Waals surface area (Å²) in [5.41, 5.74) is 10.7. The van der Waals surface area contributed by atoms with Crippen LogP contribution in [0.3, 0.4) is 0 Å². The van der Waals surface area contributed by atoms with Gasteiger partial charge in [-0.25, -0.2) is 0 Å². The lowest BCUT2D eigenvalue weighted by Crippen LogP contribution is -2.14. The van der Waals surface area contributed by atoms with E-state index in [0.717, 1.165) is 6.42 Å². The fourth-order valence-electron chi connectivity index (χ4n) is 6.14. The molecular formula is C33H27N. The van der Waals surface area contributed by atoms with Crippen molar-refractivity contribution < 1.29 is 0 Å². The molecule has 2 aliphatic carbocycles. The Kier molecular flexibility index (Phi) is 4.08. The molecule has 0 radical (unpaired) electrons. The fourth-order valence-corrected chi connectivity index (χ4v) is 6.14. The number of benzene rings is 4. The highest BCUT2D eigenvalue weighted by atomic mass is 15.0. The molecule has 2 aliphatic rings. The molecular weight excluding hydrogens is 410 g/mol. The first-order valence-corrected chi connectivity index (χ1v) is 12.2. The lowest BCUT2D eigenvalue weighted by Gasteiger charge is -2.21. The van der Waals surface area contributed by atoms with Gasteiger partial charge in [0.2, 0.25) is 0 Å². The minimum absolute atomic E-state index is 0.00784. The minimum atomic E-state index is -0.00784. The van der Waals surface area contributed by atoms with Crippen LogP contribution in [0.5, 0.6) is 0 Å². The molecule has 7 rings (SSSR count). The number of aromatic nitrogens is 1. The number of hydrogen-bond acceptors (Lipinski definition) is 0. The third-order valence-electron chi connectivity index (χ3n) is 7.94. The van der Waals surface area contributed by atoms with E-state index in [1.165, 1.54) is 55.3 Å². The predicted molar refractivity (Wildman–Crippen MR) is 144 cm³/mol. The summed E-state index contributed by atoms with van der Waals surface area (Å²) in [7, 11) is 0. The molecule has 0 fully saturated rings. The molecule has 0 saturated heterocycles. The summed E-state index contributed by atoms with van der Waals surface area (Å²) < 4.78 is 2.45. The van der Waals surface area contributed by atoms with Gasteiger partial charge in [0.15, 0.2) is 0 Å². The van der Waals surface area contributed by atoms with Crippen LogP contribution in [0.15, 0.2) is 109 Å². The SMILES string of the molecule is CC1(C)c2ccccc2-c2cc3c4ccccc4n(-c4ccc(C5C=CC=CC5)cc4)c3cc21. The molecule has 5 aromatic rings. The van der Waals surface area contributed by atoms with Gasteiger partial charge in [0.05, 0.1) is 11.0 Å². The number of para-hydroxylation sites is 1. The monoisotopic (exact) mass is 437 g/mol. The van der Waals surface area contributed by atoms with Crippen molar-refractivity contribution in [2.24, 2.45) is 0 Å². The topological polar surface area (TPSA) is 4.93 Å². The van der Waals surface area contributed by atoms with E-state index in [4.69, 9.17) is 0 Å². The highest BCUT2D eigenvalue weighted by Crippen LogP contribution is 2.50. The second-order valence-corrected chi connectivity index (χ2v) is 10.2. The zero-order valence-electron chi connectivity index (χ0n) is 19.6. The van der Waals surface area contributed by atoms with Gasteiger partial charge in [-0.15, -0.1) is 0 Å². The minimum Gasteiger partial charge on any atom is -0.309 e. The van der Waals surface area contributed by atoms with Crippen molar-refractivity contribution in [3.8, 4) is 16.8 Å². The van der Waals surface area contributed by atoms with E-state index in [1.54, 1.807) is 0 Å². The Labute approximate surface area is 200 Å². The van der Waals surface area contributed by atoms with Gasteiger partial charge in [-0.05, 0) is 64.6 Å². The fraction of sp³-hybridized carbons (Fsp3) is 0.152. The van der Waals surface area contributed by atoms with Crippen LogP contribution in [0, 0.1) is 0 Å². The number of rotatable bonds is 2. The molecule has 0 saturated carbocycles. The van der Waals surface area contributed by atoms with Crippen LogP contribution >= 0.6 is 0 Å². The smallest absolute Gasteiger partial charge is 0.0544 e. The number of nitrogens with zero attached hydrogens (tertiary/aromatic N) is 1. The van der Waals surface area contributed by atoms with E-state index >= 15 is 0 Å². The van der Waals surface area contributed by atoms with Gasteiger partial charge in [-0.2, -0.15) is 0 Å². The molecule has 4 aromatic carbocycles. The Balaban J connectivity index is 1.47. The summed E-state index contributed by atoms with van der Waals surface area (Å²) in [6, 6.07) is 31.8. The second-order valence-electron chi connectivity index (χ2n) is 10.2. The Morgan fingerprint density at radius 1 is 0.706 bits per heavy atom. The zero-order chi connectivity index (χ0) is 22.9. The van der Waals surface area contributed by atoms with E-state index in [2.05, 4.69) is 128 Å². The third kappa shape index (κ3) is 2.67. The van der Waals surface area contributed by atoms with Crippen LogP contribution in [-0.4, -0.2) is 4.57 Å². The van der Waals surface area contributed by atoms with Crippen molar-refractivity contribution in [2.75, 3.05) is 0 Å². The van der Waals surface area contributed by atoms with Gasteiger partial charge in [0, 0.05) is 27.8 Å². The van der Waals surface area contributed by atoms with Crippen molar-refractivity contribution >= 4 is 21.8 Å². The largest absolute Gasteiger partial charge is 0.309 e. The van der Waals surface area contributed by atoms with Crippen molar-refractivity contribution in [1.29, 1.82) is 0 Å². The maximum atomic E-state index is 2.45. The van der Waals surface area contributed by atoms with Crippen molar-refractivity contribution in [3.05, 3.63) is 126 Å². The molecule has 0 bridgehead atoms. The molecule has 164 valence electrons. The van der Waals surface area contributed by atoms with Crippen molar-refractivity contribution in [3.63, 3.8) is 0 Å². The zero-order valence-corrected chi connectivity index (χ0v) is 19.6. The average molecular weight is 438 g/mol. The summed E-state index contributed by atoms with van der Waals surface area (Å²) >= 11 is 0. The molecule has 1 heteroatoms. The van der Waals surface area contributed by atoms with E-state index in [1.807, 2.05) is 0 Å². The van der Waals surface area contributed by atoms with Gasteiger partial charge in [0.1, 0.15) is 0 Å². The summed E-state index contributed by atoms with van der Waals surface area (Å²) in [6.07, 6.45) is 9.94. The standard InChI is InChI=1S/C33H27N/c1-33(2)29-14-8-6-12-25(29)27-20-28-26-13-7-9-15-31(26)34(32(28)21-30(27)33)24-18-16-23(17-19-24)22-10-4-3-5-11-22/h3-10,12-22H,11H2,1-2H3. The molecule has 1 atom stereocenters. The van der Waals surface area contributed by atoms with Gasteiger partial charge in [-0.1, -0.05) is 92.7 Å². The second kappa shape index (κ2) is 7.08. The molecule has 1 nitrogen and oxygen atoms in total. The Hall–Kier alpha value is -3.84. The first-order chi connectivity index (χ1) is 16.6. The van der Waals surface area contributed by atoms with Gasteiger partial charge >= 0.3 is 0 Å². The predicted octanol–water partition coefficient (Wildman–Crippen LogP) is 8.69. The molecule has 1 unspecified atom stereocenters. The molecule has 1 aromatic heterocycles. The van der Waals surface area contributed by atoms with E-state index < -0.39 is 0 Å². The van der Waals surface area contributed by atoms with Crippen molar-refractivity contribution in [1.82, 2.24) is 4.57 Å². The number of allylic oxidation sites excluding steroid dienone is 4. The summed E-state index contributed by atoms with van der Waals surface area (Å²) in [5, 5.41) is 2.64. The molecule has 0 spiro atoms. The van der Waals surface area contributed by atoms with Gasteiger partial charge in [0.25, 0.3) is 0 Å². The number of fused-ring (bicyclic) bond motifs is 6. The highest BCUT2D eigenvalue weighted by molar-refractivity contribution is 6.11. The van der Waals surface area contributed by atoms with E-state index in [0.29, 0.717) is 5.92 Å².